The van der Waals surface area contributed by atoms with Crippen molar-refractivity contribution in [2.45, 2.75) is 53.2 Å². The molecule has 7 heteroatoms. The van der Waals surface area contributed by atoms with E-state index in [4.69, 9.17) is 14.2 Å². The lowest BCUT2D eigenvalue weighted by molar-refractivity contribution is -0.160. The summed E-state index contributed by atoms with van der Waals surface area (Å²) in [5, 5.41) is 10.1. The Morgan fingerprint density at radius 1 is 1.10 bits per heavy atom. The second kappa shape index (κ2) is 10.3. The molecular formula is C24H31NO6. The Bertz CT molecular complexity index is 891. The molecule has 0 spiro atoms. The molecule has 0 saturated heterocycles. The molecule has 1 heterocycles. The molecule has 0 fully saturated rings. The van der Waals surface area contributed by atoms with Gasteiger partial charge in [-0.2, -0.15) is 0 Å². The molecule has 31 heavy (non-hydrogen) atoms. The number of nitrogens with zero attached hydrogens (tertiary/aromatic N) is 1. The number of ketones is 1. The van der Waals surface area contributed by atoms with Gasteiger partial charge in [-0.05, 0) is 19.1 Å². The maximum atomic E-state index is 12.7. The Morgan fingerprint density at radius 2 is 1.74 bits per heavy atom. The quantitative estimate of drug-likeness (QED) is 0.465. The fraction of sp³-hybridized carbons (Fsp3) is 0.458. The second-order valence-electron chi connectivity index (χ2n) is 8.60. The van der Waals surface area contributed by atoms with E-state index in [9.17, 15) is 14.7 Å². The van der Waals surface area contributed by atoms with Crippen molar-refractivity contribution in [2.75, 3.05) is 7.11 Å². The van der Waals surface area contributed by atoms with Gasteiger partial charge in [-0.15, -0.1) is 0 Å². The number of pyridine rings is 1. The second-order valence-corrected chi connectivity index (χ2v) is 8.60. The van der Waals surface area contributed by atoms with Crippen molar-refractivity contribution < 1.29 is 28.9 Å². The monoisotopic (exact) mass is 429 g/mol. The van der Waals surface area contributed by atoms with Crippen molar-refractivity contribution in [2.24, 2.45) is 11.3 Å². The normalized spacial score (nSPS) is 14.3. The molecule has 0 bridgehead atoms. The van der Waals surface area contributed by atoms with Crippen molar-refractivity contribution >= 4 is 11.8 Å². The highest BCUT2D eigenvalue weighted by Crippen LogP contribution is 2.30. The van der Waals surface area contributed by atoms with Crippen LogP contribution in [0.25, 0.3) is 0 Å². The van der Waals surface area contributed by atoms with E-state index in [0.717, 1.165) is 0 Å². The molecule has 0 aliphatic heterocycles. The number of methoxy groups -OCH3 is 1. The lowest BCUT2D eigenvalue weighted by Crippen LogP contribution is -2.44. The molecule has 7 nitrogen and oxygen atoms in total. The molecule has 168 valence electrons. The standard InChI is InChI=1S/C24H31NO6/c1-15(14-18(26)20-21(27)19(29-6)12-13-25-20)23(28)30-16(2)22(24(3,4)5)31-17-10-8-7-9-11-17/h7-13,15-16,22,27H,14H2,1-6H3/t15-,16+,22+/m1/s1. The number of rotatable bonds is 9. The highest BCUT2D eigenvalue weighted by atomic mass is 16.6. The van der Waals surface area contributed by atoms with Crippen molar-refractivity contribution in [3.05, 3.63) is 48.3 Å². The predicted octanol–water partition coefficient (Wildman–Crippen LogP) is 4.43. The molecule has 0 aliphatic rings. The number of hydrogen-bond acceptors (Lipinski definition) is 7. The van der Waals surface area contributed by atoms with Gasteiger partial charge in [-0.3, -0.25) is 9.59 Å². The molecule has 0 aliphatic carbocycles. The SMILES string of the molecule is COc1ccnc(C(=O)C[C@@H](C)C(=O)O[C@@H](C)[C@H](Oc2ccccc2)C(C)(C)C)c1O. The first kappa shape index (κ1) is 24.2. The number of para-hydroxylation sites is 1. The van der Waals surface area contributed by atoms with Gasteiger partial charge in [0, 0.05) is 24.1 Å². The minimum absolute atomic E-state index is 0.132. The summed E-state index contributed by atoms with van der Waals surface area (Å²) in [6.45, 7) is 9.41. The number of aromatic nitrogens is 1. The van der Waals surface area contributed by atoms with E-state index in [-0.39, 0.29) is 29.0 Å². The Balaban J connectivity index is 2.05. The average Bonchev–Trinajstić information content (AvgIpc) is 2.71. The van der Waals surface area contributed by atoms with E-state index >= 15 is 0 Å². The number of Topliss-reactive ketones (excluding diaryl/α,β-unsaturated/α-hetero) is 1. The highest BCUT2D eigenvalue weighted by molar-refractivity contribution is 5.99. The van der Waals surface area contributed by atoms with Crippen molar-refractivity contribution in [1.82, 2.24) is 4.98 Å². The summed E-state index contributed by atoms with van der Waals surface area (Å²) in [6.07, 6.45) is 0.268. The number of carbonyl (C=O) groups excluding carboxylic acids is 2. The largest absolute Gasteiger partial charge is 0.503 e. The van der Waals surface area contributed by atoms with Gasteiger partial charge in [0.05, 0.1) is 13.0 Å². The van der Waals surface area contributed by atoms with Gasteiger partial charge in [0.15, 0.2) is 23.0 Å². The van der Waals surface area contributed by atoms with Crippen LogP contribution in [0.3, 0.4) is 0 Å². The van der Waals surface area contributed by atoms with Crippen molar-refractivity contribution in [1.29, 1.82) is 0 Å². The first-order chi connectivity index (χ1) is 14.5. The highest BCUT2D eigenvalue weighted by Gasteiger charge is 2.35. The Hall–Kier alpha value is -3.09. The van der Waals surface area contributed by atoms with Crippen LogP contribution < -0.4 is 9.47 Å². The third-order valence-corrected chi connectivity index (χ3v) is 4.85. The van der Waals surface area contributed by atoms with Crippen molar-refractivity contribution in [3.63, 3.8) is 0 Å². The van der Waals surface area contributed by atoms with Crippen LogP contribution >= 0.6 is 0 Å². The summed E-state index contributed by atoms with van der Waals surface area (Å²) in [7, 11) is 1.38. The summed E-state index contributed by atoms with van der Waals surface area (Å²) >= 11 is 0. The maximum absolute atomic E-state index is 12.7. The van der Waals surface area contributed by atoms with Gasteiger partial charge >= 0.3 is 5.97 Å². The van der Waals surface area contributed by atoms with Gasteiger partial charge in [-0.1, -0.05) is 45.9 Å². The van der Waals surface area contributed by atoms with Crippen LogP contribution in [0.15, 0.2) is 42.6 Å². The van der Waals surface area contributed by atoms with Crippen LogP contribution in [0.4, 0.5) is 0 Å². The number of benzene rings is 1. The molecule has 1 N–H and O–H groups in total. The van der Waals surface area contributed by atoms with E-state index in [1.165, 1.54) is 19.4 Å². The van der Waals surface area contributed by atoms with E-state index in [1.54, 1.807) is 13.8 Å². The maximum Gasteiger partial charge on any atom is 0.309 e. The number of hydrogen-bond donors (Lipinski definition) is 1. The first-order valence-electron chi connectivity index (χ1n) is 10.2. The zero-order chi connectivity index (χ0) is 23.2. The van der Waals surface area contributed by atoms with Crippen LogP contribution in [0.2, 0.25) is 0 Å². The lowest BCUT2D eigenvalue weighted by Gasteiger charge is -2.35. The molecule has 1 aromatic carbocycles. The Kier molecular flexibility index (Phi) is 8.02. The number of ether oxygens (including phenoxy) is 3. The first-order valence-corrected chi connectivity index (χ1v) is 10.2. The topological polar surface area (TPSA) is 95.0 Å². The molecule has 2 aromatic rings. The van der Waals surface area contributed by atoms with E-state index in [1.807, 2.05) is 51.1 Å². The molecule has 0 amide bonds. The Morgan fingerprint density at radius 3 is 2.32 bits per heavy atom. The van der Waals surface area contributed by atoms with E-state index in [2.05, 4.69) is 4.98 Å². The van der Waals surface area contributed by atoms with Crippen LogP contribution in [0, 0.1) is 11.3 Å². The zero-order valence-electron chi connectivity index (χ0n) is 18.9. The molecule has 1 aromatic heterocycles. The number of carbonyl (C=O) groups is 2. The third-order valence-electron chi connectivity index (χ3n) is 4.85. The van der Waals surface area contributed by atoms with Crippen molar-refractivity contribution in [3.8, 4) is 17.2 Å². The van der Waals surface area contributed by atoms with Gasteiger partial charge in [0.2, 0.25) is 0 Å². The summed E-state index contributed by atoms with van der Waals surface area (Å²) in [5.41, 5.74) is -0.433. The summed E-state index contributed by atoms with van der Waals surface area (Å²) in [6, 6.07) is 10.8. The third kappa shape index (κ3) is 6.44. The van der Waals surface area contributed by atoms with Crippen LogP contribution in [0.1, 0.15) is 51.5 Å². The summed E-state index contributed by atoms with van der Waals surface area (Å²) < 4.78 is 16.8. The molecule has 3 atom stereocenters. The van der Waals surface area contributed by atoms with E-state index < -0.39 is 29.9 Å². The fourth-order valence-corrected chi connectivity index (χ4v) is 3.25. The smallest absolute Gasteiger partial charge is 0.309 e. The average molecular weight is 430 g/mol. The van der Waals surface area contributed by atoms with E-state index in [0.29, 0.717) is 5.75 Å². The molecule has 2 rings (SSSR count). The van der Waals surface area contributed by atoms with Gasteiger partial charge in [0.25, 0.3) is 0 Å². The van der Waals surface area contributed by atoms with Crippen LogP contribution in [-0.4, -0.2) is 41.2 Å². The molecule has 0 radical (unpaired) electrons. The van der Waals surface area contributed by atoms with Crippen LogP contribution in [-0.2, 0) is 9.53 Å². The summed E-state index contributed by atoms with van der Waals surface area (Å²) in [5.74, 6) is -1.22. The fourth-order valence-electron chi connectivity index (χ4n) is 3.25. The minimum Gasteiger partial charge on any atom is -0.503 e. The van der Waals surface area contributed by atoms with Gasteiger partial charge < -0.3 is 19.3 Å². The number of aromatic hydroxyl groups is 1. The number of esters is 1. The van der Waals surface area contributed by atoms with Crippen LogP contribution in [0.5, 0.6) is 17.2 Å². The lowest BCUT2D eigenvalue weighted by atomic mass is 9.86. The minimum atomic E-state index is -0.723. The summed E-state index contributed by atoms with van der Waals surface area (Å²) in [4.78, 5) is 29.1. The van der Waals surface area contributed by atoms with Gasteiger partial charge in [-0.25, -0.2) is 4.98 Å². The molecule has 0 saturated carbocycles. The predicted molar refractivity (Wildman–Crippen MR) is 116 cm³/mol. The Labute approximate surface area is 183 Å². The van der Waals surface area contributed by atoms with Gasteiger partial charge in [0.1, 0.15) is 18.0 Å². The zero-order valence-corrected chi connectivity index (χ0v) is 18.9. The molecule has 0 unspecified atom stereocenters. The molecular weight excluding hydrogens is 398 g/mol.